The lowest BCUT2D eigenvalue weighted by Gasteiger charge is -2.28. The molecule has 0 bridgehead atoms. The first kappa shape index (κ1) is 20.2. The van der Waals surface area contributed by atoms with E-state index in [9.17, 15) is 0 Å². The molecule has 0 aliphatic heterocycles. The van der Waals surface area contributed by atoms with Crippen LogP contribution < -0.4 is 0 Å². The monoisotopic (exact) mass is 352 g/mol. The third-order valence-corrected chi connectivity index (χ3v) is 5.28. The fourth-order valence-electron chi connectivity index (χ4n) is 0.733. The molecule has 0 spiro atoms. The van der Waals surface area contributed by atoms with E-state index >= 15 is 0 Å². The summed E-state index contributed by atoms with van der Waals surface area (Å²) in [7, 11) is -1.53. The molecule has 116 valence electrons. The quantitative estimate of drug-likeness (QED) is 0.415. The van der Waals surface area contributed by atoms with Crippen molar-refractivity contribution in [3.05, 3.63) is 0 Å². The van der Waals surface area contributed by atoms with Gasteiger partial charge in [0.25, 0.3) is 0 Å². The van der Waals surface area contributed by atoms with Gasteiger partial charge in [0, 0.05) is 0 Å². The molecule has 3 nitrogen and oxygen atoms in total. The van der Waals surface area contributed by atoms with Gasteiger partial charge in [0.2, 0.25) is 0 Å². The highest BCUT2D eigenvalue weighted by Crippen LogP contribution is 2.45. The summed E-state index contributed by atoms with van der Waals surface area (Å²) in [5, 5.41) is -0.404. The molecule has 7 heteroatoms. The summed E-state index contributed by atoms with van der Waals surface area (Å²) in [5.74, 6) is 0. The molecule has 6 unspecified atom stereocenters. The van der Waals surface area contributed by atoms with Gasteiger partial charge in [-0.25, -0.2) is 0 Å². The third-order valence-electron chi connectivity index (χ3n) is 2.70. The number of hydrogen-bond donors (Lipinski definition) is 0. The first-order valence-corrected chi connectivity index (χ1v) is 8.78. The Hall–Kier alpha value is 1.18. The summed E-state index contributed by atoms with van der Waals surface area (Å²) >= 11 is 18.0. The van der Waals surface area contributed by atoms with Gasteiger partial charge in [0.05, 0.1) is 34.4 Å². The van der Waals surface area contributed by atoms with Gasteiger partial charge in [-0.3, -0.25) is 0 Å². The minimum atomic E-state index is -1.53. The average Bonchev–Trinajstić information content (AvgIpc) is 2.27. The zero-order valence-corrected chi connectivity index (χ0v) is 15.4. The van der Waals surface area contributed by atoms with E-state index in [1.54, 1.807) is 0 Å². The molecule has 0 aromatic rings. The van der Waals surface area contributed by atoms with E-state index in [0.717, 1.165) is 0 Å². The minimum Gasteiger partial charge on any atom is -0.308 e. The van der Waals surface area contributed by atoms with E-state index in [4.69, 9.17) is 48.4 Å². The van der Waals surface area contributed by atoms with Crippen molar-refractivity contribution in [3.8, 4) is 0 Å². The summed E-state index contributed by atoms with van der Waals surface area (Å²) in [4.78, 5) is 0. The van der Waals surface area contributed by atoms with Crippen molar-refractivity contribution in [2.45, 2.75) is 76.0 Å². The third kappa shape index (κ3) is 8.93. The van der Waals surface area contributed by atoms with Gasteiger partial charge >= 0.3 is 8.60 Å². The largest absolute Gasteiger partial charge is 0.333 e. The first-order chi connectivity index (χ1) is 8.65. The van der Waals surface area contributed by atoms with Gasteiger partial charge < -0.3 is 13.6 Å². The fourth-order valence-corrected chi connectivity index (χ4v) is 2.61. The van der Waals surface area contributed by atoms with Gasteiger partial charge in [-0.2, -0.15) is 0 Å². The summed E-state index contributed by atoms with van der Waals surface area (Å²) in [6.45, 7) is 11.2. The van der Waals surface area contributed by atoms with Gasteiger partial charge in [-0.15, -0.1) is 34.8 Å². The maximum Gasteiger partial charge on any atom is 0.333 e. The van der Waals surface area contributed by atoms with Crippen LogP contribution in [0.3, 0.4) is 0 Å². The number of halogens is 3. The number of alkyl halides is 3. The van der Waals surface area contributed by atoms with Gasteiger partial charge in [-0.1, -0.05) is 0 Å². The zero-order chi connectivity index (χ0) is 15.2. The SMILES string of the molecule is CC(Cl)C(C)OP(OC(C)C(C)Cl)OC(C)C(C)Cl. The second kappa shape index (κ2) is 10.00. The van der Waals surface area contributed by atoms with Crippen LogP contribution in [0.25, 0.3) is 0 Å². The standard InChI is InChI=1S/C12H24Cl3O3P/c1-7(13)10(4)16-19(17-11(5)8(2)14)18-12(6)9(3)15/h7-12H,1-6H3. The second-order valence-corrected chi connectivity index (χ2v) is 7.83. The van der Waals surface area contributed by atoms with Crippen molar-refractivity contribution in [1.29, 1.82) is 0 Å². The maximum absolute atomic E-state index is 5.99. The van der Waals surface area contributed by atoms with Crippen molar-refractivity contribution in [2.24, 2.45) is 0 Å². The highest BCUT2D eigenvalue weighted by Gasteiger charge is 2.27. The summed E-state index contributed by atoms with van der Waals surface area (Å²) in [6.07, 6.45) is -0.532. The first-order valence-electron chi connectivity index (χ1n) is 6.37. The van der Waals surface area contributed by atoms with E-state index in [1.807, 2.05) is 41.5 Å². The van der Waals surface area contributed by atoms with Crippen LogP contribution in [0.4, 0.5) is 0 Å². The Balaban J connectivity index is 4.54. The molecule has 0 saturated carbocycles. The Bertz CT molecular complexity index is 204. The Kier molecular flexibility index (Phi) is 10.6. The van der Waals surface area contributed by atoms with Crippen LogP contribution in [-0.2, 0) is 13.6 Å². The van der Waals surface area contributed by atoms with E-state index in [0.29, 0.717) is 0 Å². The molecule has 0 aromatic carbocycles. The number of hydrogen-bond acceptors (Lipinski definition) is 3. The number of rotatable bonds is 9. The topological polar surface area (TPSA) is 27.7 Å². The van der Waals surface area contributed by atoms with Crippen LogP contribution in [0.2, 0.25) is 0 Å². The van der Waals surface area contributed by atoms with Crippen LogP contribution in [0, 0.1) is 0 Å². The average molecular weight is 354 g/mol. The van der Waals surface area contributed by atoms with Crippen molar-refractivity contribution in [2.75, 3.05) is 0 Å². The Labute approximate surface area is 133 Å². The highest BCUT2D eigenvalue weighted by atomic mass is 35.5. The molecule has 0 radical (unpaired) electrons. The maximum atomic E-state index is 5.99. The second-order valence-electron chi connectivity index (χ2n) is 4.69. The highest BCUT2D eigenvalue weighted by molar-refractivity contribution is 7.41. The Morgan fingerprint density at radius 1 is 0.579 bits per heavy atom. The predicted octanol–water partition coefficient (Wildman–Crippen LogP) is 5.31. The van der Waals surface area contributed by atoms with Crippen molar-refractivity contribution >= 4 is 43.4 Å². The minimum absolute atomic E-state index is 0.135. The molecule has 19 heavy (non-hydrogen) atoms. The lowest BCUT2D eigenvalue weighted by molar-refractivity contribution is 0.0791. The summed E-state index contributed by atoms with van der Waals surface area (Å²) < 4.78 is 17.2. The lowest BCUT2D eigenvalue weighted by Crippen LogP contribution is -2.24. The fraction of sp³-hybridized carbons (Fsp3) is 1.00. The lowest BCUT2D eigenvalue weighted by atomic mass is 10.3. The van der Waals surface area contributed by atoms with E-state index in [1.165, 1.54) is 0 Å². The molecule has 0 fully saturated rings. The van der Waals surface area contributed by atoms with Crippen molar-refractivity contribution in [3.63, 3.8) is 0 Å². The molecule has 6 atom stereocenters. The van der Waals surface area contributed by atoms with E-state index in [-0.39, 0.29) is 34.4 Å². The molecular formula is C12H24Cl3O3P. The smallest absolute Gasteiger partial charge is 0.308 e. The van der Waals surface area contributed by atoms with Crippen molar-refractivity contribution < 1.29 is 13.6 Å². The van der Waals surface area contributed by atoms with Crippen LogP contribution in [0.1, 0.15) is 41.5 Å². The molecule has 0 aliphatic rings. The normalized spacial score (nSPS) is 23.2. The van der Waals surface area contributed by atoms with Crippen molar-refractivity contribution in [1.82, 2.24) is 0 Å². The molecule has 0 amide bonds. The van der Waals surface area contributed by atoms with E-state index in [2.05, 4.69) is 0 Å². The summed E-state index contributed by atoms with van der Waals surface area (Å²) in [5.41, 5.74) is 0. The Morgan fingerprint density at radius 3 is 0.947 bits per heavy atom. The van der Waals surface area contributed by atoms with Crippen LogP contribution in [-0.4, -0.2) is 34.4 Å². The predicted molar refractivity (Wildman–Crippen MR) is 84.5 cm³/mol. The van der Waals surface area contributed by atoms with Crippen LogP contribution in [0.5, 0.6) is 0 Å². The molecule has 0 rings (SSSR count). The molecular weight excluding hydrogens is 329 g/mol. The molecule has 0 N–H and O–H groups in total. The van der Waals surface area contributed by atoms with Crippen LogP contribution >= 0.6 is 43.4 Å². The van der Waals surface area contributed by atoms with Crippen LogP contribution in [0.15, 0.2) is 0 Å². The molecule has 0 aromatic heterocycles. The molecule has 0 saturated heterocycles. The Morgan fingerprint density at radius 2 is 0.789 bits per heavy atom. The van der Waals surface area contributed by atoms with Gasteiger partial charge in [0.1, 0.15) is 0 Å². The van der Waals surface area contributed by atoms with E-state index < -0.39 is 8.60 Å². The van der Waals surface area contributed by atoms with Gasteiger partial charge in [0.15, 0.2) is 0 Å². The zero-order valence-electron chi connectivity index (χ0n) is 12.3. The van der Waals surface area contributed by atoms with Gasteiger partial charge in [-0.05, 0) is 41.5 Å². The summed E-state index contributed by atoms with van der Waals surface area (Å²) in [6, 6.07) is 0. The molecule has 0 heterocycles. The molecule has 0 aliphatic carbocycles.